The van der Waals surface area contributed by atoms with Crippen LogP contribution in [0.4, 0.5) is 0 Å². The summed E-state index contributed by atoms with van der Waals surface area (Å²) < 4.78 is 7.20. The van der Waals surface area contributed by atoms with Crippen LogP contribution in [0.2, 0.25) is 0 Å². The molecule has 0 atom stereocenters. The van der Waals surface area contributed by atoms with Crippen molar-refractivity contribution in [3.63, 3.8) is 0 Å². The zero-order chi connectivity index (χ0) is 19.2. The van der Waals surface area contributed by atoms with Gasteiger partial charge in [0.2, 0.25) is 0 Å². The van der Waals surface area contributed by atoms with E-state index in [0.717, 1.165) is 16.7 Å². The van der Waals surface area contributed by atoms with Crippen molar-refractivity contribution in [3.8, 4) is 0 Å². The summed E-state index contributed by atoms with van der Waals surface area (Å²) in [7, 11) is 0. The number of nitrogen functional groups attached to an aromatic ring is 1. The zero-order valence-electron chi connectivity index (χ0n) is 15.3. The molecule has 27 heavy (non-hydrogen) atoms. The highest BCUT2D eigenvalue weighted by atomic mass is 16.5. The van der Waals surface area contributed by atoms with Gasteiger partial charge >= 0.3 is 5.97 Å². The number of carbonyl (C=O) groups is 1. The van der Waals surface area contributed by atoms with Crippen molar-refractivity contribution in [2.75, 3.05) is 6.61 Å². The number of hydrogen-bond acceptors (Lipinski definition) is 3. The summed E-state index contributed by atoms with van der Waals surface area (Å²) in [6.07, 6.45) is 4.48. The van der Waals surface area contributed by atoms with E-state index in [0.29, 0.717) is 30.7 Å². The molecule has 5 nitrogen and oxygen atoms in total. The molecular formula is C22H23N3O2. The Morgan fingerprint density at radius 3 is 2.52 bits per heavy atom. The number of ether oxygens (including phenoxy) is 1. The van der Waals surface area contributed by atoms with Crippen molar-refractivity contribution < 1.29 is 9.53 Å². The minimum absolute atomic E-state index is 0.0429. The van der Waals surface area contributed by atoms with E-state index in [1.165, 1.54) is 0 Å². The van der Waals surface area contributed by atoms with E-state index < -0.39 is 0 Å². The SMILES string of the molecule is CCOC(=O)c1cn(Cc2cccc(C(=N)N)c2)cc1Cc1ccccc1. The van der Waals surface area contributed by atoms with Crippen LogP contribution < -0.4 is 5.73 Å². The fourth-order valence-corrected chi connectivity index (χ4v) is 3.04. The molecule has 3 N–H and O–H groups in total. The first-order valence-corrected chi connectivity index (χ1v) is 8.90. The molecule has 0 aliphatic heterocycles. The van der Waals surface area contributed by atoms with Crippen molar-refractivity contribution in [1.82, 2.24) is 4.57 Å². The molecule has 1 aromatic heterocycles. The van der Waals surface area contributed by atoms with Gasteiger partial charge in [-0.2, -0.15) is 0 Å². The van der Waals surface area contributed by atoms with E-state index in [2.05, 4.69) is 0 Å². The third-order valence-corrected chi connectivity index (χ3v) is 4.30. The van der Waals surface area contributed by atoms with Crippen molar-refractivity contribution in [2.24, 2.45) is 5.73 Å². The Balaban J connectivity index is 1.89. The van der Waals surface area contributed by atoms with Gasteiger partial charge in [-0.3, -0.25) is 5.41 Å². The van der Waals surface area contributed by atoms with E-state index in [4.69, 9.17) is 15.9 Å². The van der Waals surface area contributed by atoms with Gasteiger partial charge in [0.15, 0.2) is 0 Å². The van der Waals surface area contributed by atoms with Crippen LogP contribution in [0.3, 0.4) is 0 Å². The first-order chi connectivity index (χ1) is 13.1. The topological polar surface area (TPSA) is 81.1 Å². The van der Waals surface area contributed by atoms with Gasteiger partial charge in [-0.05, 0) is 36.1 Å². The van der Waals surface area contributed by atoms with Crippen molar-refractivity contribution in [2.45, 2.75) is 19.9 Å². The monoisotopic (exact) mass is 361 g/mol. The average molecular weight is 361 g/mol. The third-order valence-electron chi connectivity index (χ3n) is 4.30. The Morgan fingerprint density at radius 2 is 1.81 bits per heavy atom. The van der Waals surface area contributed by atoms with Crippen LogP contribution >= 0.6 is 0 Å². The number of benzene rings is 2. The van der Waals surface area contributed by atoms with Gasteiger partial charge in [-0.1, -0.05) is 48.5 Å². The van der Waals surface area contributed by atoms with Crippen LogP contribution in [0.5, 0.6) is 0 Å². The molecule has 0 fully saturated rings. The van der Waals surface area contributed by atoms with Crippen molar-refractivity contribution >= 4 is 11.8 Å². The number of nitrogens with one attached hydrogen (secondary N) is 1. The summed E-state index contributed by atoms with van der Waals surface area (Å²) in [5, 5.41) is 7.59. The number of amidine groups is 1. The second-order valence-electron chi connectivity index (χ2n) is 6.37. The molecule has 3 rings (SSSR count). The lowest BCUT2D eigenvalue weighted by molar-refractivity contribution is 0.0525. The molecule has 0 radical (unpaired) electrons. The number of aromatic nitrogens is 1. The standard InChI is InChI=1S/C22H23N3O2/c1-2-27-22(26)20-15-25(13-17-9-6-10-18(12-17)21(23)24)14-19(20)11-16-7-4-3-5-8-16/h3-10,12,14-15H,2,11,13H2,1H3,(H3,23,24). The molecule has 138 valence electrons. The van der Waals surface area contributed by atoms with Crippen LogP contribution in [0.1, 0.15) is 39.5 Å². The van der Waals surface area contributed by atoms with E-state index in [-0.39, 0.29) is 11.8 Å². The lowest BCUT2D eigenvalue weighted by atomic mass is 10.0. The predicted molar refractivity (Wildman–Crippen MR) is 106 cm³/mol. The summed E-state index contributed by atoms with van der Waals surface area (Å²) in [5.41, 5.74) is 9.94. The van der Waals surface area contributed by atoms with E-state index in [1.807, 2.05) is 71.6 Å². The smallest absolute Gasteiger partial charge is 0.339 e. The molecule has 2 aromatic carbocycles. The second-order valence-corrected chi connectivity index (χ2v) is 6.37. The highest BCUT2D eigenvalue weighted by molar-refractivity contribution is 5.95. The average Bonchev–Trinajstić information content (AvgIpc) is 3.05. The van der Waals surface area contributed by atoms with Gasteiger partial charge in [0, 0.05) is 24.5 Å². The van der Waals surface area contributed by atoms with E-state index in [9.17, 15) is 4.79 Å². The van der Waals surface area contributed by atoms with Gasteiger partial charge < -0.3 is 15.0 Å². The summed E-state index contributed by atoms with van der Waals surface area (Å²) in [6, 6.07) is 17.6. The maximum absolute atomic E-state index is 12.4. The van der Waals surface area contributed by atoms with Crippen LogP contribution in [0, 0.1) is 5.41 Å². The Labute approximate surface area is 158 Å². The molecular weight excluding hydrogens is 338 g/mol. The van der Waals surface area contributed by atoms with Crippen molar-refractivity contribution in [3.05, 3.63) is 94.8 Å². The van der Waals surface area contributed by atoms with Crippen LogP contribution in [-0.4, -0.2) is 23.0 Å². The van der Waals surface area contributed by atoms with Crippen LogP contribution in [-0.2, 0) is 17.7 Å². The van der Waals surface area contributed by atoms with Crippen molar-refractivity contribution in [1.29, 1.82) is 5.41 Å². The van der Waals surface area contributed by atoms with Crippen LogP contribution in [0.25, 0.3) is 0 Å². The molecule has 0 saturated carbocycles. The van der Waals surface area contributed by atoms with Gasteiger partial charge in [-0.15, -0.1) is 0 Å². The quantitative estimate of drug-likeness (QED) is 0.383. The molecule has 0 unspecified atom stereocenters. The maximum Gasteiger partial charge on any atom is 0.339 e. The Hall–Kier alpha value is -3.34. The molecule has 5 heteroatoms. The minimum atomic E-state index is -0.306. The number of rotatable bonds is 7. The Bertz CT molecular complexity index is 945. The fraction of sp³-hybridized carbons (Fsp3) is 0.182. The molecule has 0 saturated heterocycles. The second kappa shape index (κ2) is 8.36. The lowest BCUT2D eigenvalue weighted by Gasteiger charge is -2.05. The summed E-state index contributed by atoms with van der Waals surface area (Å²) in [5.74, 6) is -0.263. The summed E-state index contributed by atoms with van der Waals surface area (Å²) in [6.45, 7) is 2.73. The molecule has 0 aliphatic rings. The predicted octanol–water partition coefficient (Wildman–Crippen LogP) is 3.59. The maximum atomic E-state index is 12.4. The lowest BCUT2D eigenvalue weighted by Crippen LogP contribution is -2.11. The third kappa shape index (κ3) is 4.64. The largest absolute Gasteiger partial charge is 0.462 e. The Kier molecular flexibility index (Phi) is 5.71. The normalized spacial score (nSPS) is 10.6. The molecule has 0 spiro atoms. The number of esters is 1. The van der Waals surface area contributed by atoms with Gasteiger partial charge in [0.05, 0.1) is 12.2 Å². The first kappa shape index (κ1) is 18.5. The minimum Gasteiger partial charge on any atom is -0.462 e. The van der Waals surface area contributed by atoms with Gasteiger partial charge in [0.1, 0.15) is 5.84 Å². The summed E-state index contributed by atoms with van der Waals surface area (Å²) >= 11 is 0. The van der Waals surface area contributed by atoms with Crippen LogP contribution in [0.15, 0.2) is 67.0 Å². The van der Waals surface area contributed by atoms with Gasteiger partial charge in [0.25, 0.3) is 0 Å². The zero-order valence-corrected chi connectivity index (χ0v) is 15.3. The first-order valence-electron chi connectivity index (χ1n) is 8.90. The molecule has 0 aliphatic carbocycles. The number of carbonyl (C=O) groups excluding carboxylic acids is 1. The number of nitrogens with two attached hydrogens (primary N) is 1. The molecule has 3 aromatic rings. The van der Waals surface area contributed by atoms with E-state index >= 15 is 0 Å². The molecule has 0 bridgehead atoms. The van der Waals surface area contributed by atoms with E-state index in [1.54, 1.807) is 6.92 Å². The highest BCUT2D eigenvalue weighted by Crippen LogP contribution is 2.19. The summed E-state index contributed by atoms with van der Waals surface area (Å²) in [4.78, 5) is 12.4. The fourth-order valence-electron chi connectivity index (χ4n) is 3.04. The molecule has 0 amide bonds. The number of nitrogens with zero attached hydrogens (tertiary/aromatic N) is 1. The Morgan fingerprint density at radius 1 is 1.07 bits per heavy atom. The van der Waals surface area contributed by atoms with Gasteiger partial charge in [-0.25, -0.2) is 4.79 Å². The molecule has 1 heterocycles. The number of hydrogen-bond donors (Lipinski definition) is 2. The highest BCUT2D eigenvalue weighted by Gasteiger charge is 2.16.